The Morgan fingerprint density at radius 3 is 2.67 bits per heavy atom. The van der Waals surface area contributed by atoms with Gasteiger partial charge in [0.2, 0.25) is 0 Å². The van der Waals surface area contributed by atoms with Gasteiger partial charge in [-0.1, -0.05) is 12.1 Å². The molecule has 2 heteroatoms. The van der Waals surface area contributed by atoms with Crippen molar-refractivity contribution in [3.8, 4) is 0 Å². The normalized spacial score (nSPS) is 18.1. The van der Waals surface area contributed by atoms with Gasteiger partial charge in [0.05, 0.1) is 0 Å². The first-order chi connectivity index (χ1) is 7.31. The second-order valence-electron chi connectivity index (χ2n) is 4.30. The quantitative estimate of drug-likeness (QED) is 0.814. The van der Waals surface area contributed by atoms with Gasteiger partial charge in [-0.15, -0.1) is 0 Å². The maximum atomic E-state index is 3.28. The van der Waals surface area contributed by atoms with Crippen LogP contribution in [0.3, 0.4) is 0 Å². The zero-order valence-corrected chi connectivity index (χ0v) is 9.66. The van der Waals surface area contributed by atoms with Gasteiger partial charge in [0.25, 0.3) is 0 Å². The molecule has 1 atom stereocenters. The molecule has 0 aromatic heterocycles. The summed E-state index contributed by atoms with van der Waals surface area (Å²) >= 11 is 0. The molecule has 1 saturated heterocycles. The van der Waals surface area contributed by atoms with E-state index in [1.807, 2.05) is 7.05 Å². The van der Waals surface area contributed by atoms with Crippen molar-refractivity contribution in [2.75, 3.05) is 25.0 Å². The Kier molecular flexibility index (Phi) is 3.27. The smallest absolute Gasteiger partial charge is 0.0369 e. The van der Waals surface area contributed by atoms with Crippen molar-refractivity contribution in [1.29, 1.82) is 0 Å². The summed E-state index contributed by atoms with van der Waals surface area (Å²) in [7, 11) is 2.01. The lowest BCUT2D eigenvalue weighted by atomic mass is 10.1. The molecule has 0 radical (unpaired) electrons. The maximum Gasteiger partial charge on any atom is 0.0369 e. The minimum Gasteiger partial charge on any atom is -0.372 e. The predicted octanol–water partition coefficient (Wildman–Crippen LogP) is 2.57. The lowest BCUT2D eigenvalue weighted by Crippen LogP contribution is -2.18. The molecule has 0 spiro atoms. The standard InChI is InChI=1S/C13H20N2/c1-11(14-2)12-6-5-7-13(10-12)15-8-3-4-9-15/h5-7,10-11,14H,3-4,8-9H2,1-2H3. The molecule has 0 aliphatic carbocycles. The summed E-state index contributed by atoms with van der Waals surface area (Å²) in [6.45, 7) is 4.64. The summed E-state index contributed by atoms with van der Waals surface area (Å²) in [5.74, 6) is 0. The van der Waals surface area contributed by atoms with Crippen LogP contribution < -0.4 is 10.2 Å². The van der Waals surface area contributed by atoms with Crippen LogP contribution in [0.15, 0.2) is 24.3 Å². The summed E-state index contributed by atoms with van der Waals surface area (Å²) in [4.78, 5) is 2.48. The molecule has 1 aromatic carbocycles. The lowest BCUT2D eigenvalue weighted by molar-refractivity contribution is 0.652. The van der Waals surface area contributed by atoms with Crippen LogP contribution in [0.1, 0.15) is 31.4 Å². The highest BCUT2D eigenvalue weighted by molar-refractivity contribution is 5.49. The molecule has 2 rings (SSSR count). The minimum atomic E-state index is 0.438. The van der Waals surface area contributed by atoms with Crippen LogP contribution in [0.25, 0.3) is 0 Å². The van der Waals surface area contributed by atoms with Crippen molar-refractivity contribution in [2.24, 2.45) is 0 Å². The topological polar surface area (TPSA) is 15.3 Å². The van der Waals surface area contributed by atoms with Crippen molar-refractivity contribution < 1.29 is 0 Å². The van der Waals surface area contributed by atoms with Gasteiger partial charge in [0.15, 0.2) is 0 Å². The fourth-order valence-corrected chi connectivity index (χ4v) is 2.13. The molecule has 1 aliphatic heterocycles. The molecule has 82 valence electrons. The molecular weight excluding hydrogens is 184 g/mol. The van der Waals surface area contributed by atoms with Gasteiger partial charge in [-0.25, -0.2) is 0 Å². The number of nitrogens with one attached hydrogen (secondary N) is 1. The van der Waals surface area contributed by atoms with Gasteiger partial charge < -0.3 is 10.2 Å². The van der Waals surface area contributed by atoms with Crippen molar-refractivity contribution in [3.05, 3.63) is 29.8 Å². The molecule has 1 unspecified atom stereocenters. The first-order valence-corrected chi connectivity index (χ1v) is 5.83. The Balaban J connectivity index is 2.18. The van der Waals surface area contributed by atoms with Crippen molar-refractivity contribution >= 4 is 5.69 Å². The summed E-state index contributed by atoms with van der Waals surface area (Å²) in [5.41, 5.74) is 2.76. The molecule has 0 amide bonds. The molecular formula is C13H20N2. The molecule has 15 heavy (non-hydrogen) atoms. The number of hydrogen-bond donors (Lipinski definition) is 1. The Labute approximate surface area is 92.3 Å². The third-order valence-electron chi connectivity index (χ3n) is 3.27. The molecule has 0 saturated carbocycles. The summed E-state index contributed by atoms with van der Waals surface area (Å²) < 4.78 is 0. The second-order valence-corrected chi connectivity index (χ2v) is 4.30. The number of nitrogens with zero attached hydrogens (tertiary/aromatic N) is 1. The molecule has 2 nitrogen and oxygen atoms in total. The van der Waals surface area contributed by atoms with E-state index < -0.39 is 0 Å². The Morgan fingerprint density at radius 2 is 2.00 bits per heavy atom. The van der Waals surface area contributed by atoms with Gasteiger partial charge in [-0.05, 0) is 44.5 Å². The van der Waals surface area contributed by atoms with Crippen LogP contribution in [-0.4, -0.2) is 20.1 Å². The molecule has 1 N–H and O–H groups in total. The lowest BCUT2D eigenvalue weighted by Gasteiger charge is -2.20. The van der Waals surface area contributed by atoms with Crippen LogP contribution in [0.2, 0.25) is 0 Å². The van der Waals surface area contributed by atoms with E-state index in [0.29, 0.717) is 6.04 Å². The van der Waals surface area contributed by atoms with E-state index in [9.17, 15) is 0 Å². The van der Waals surface area contributed by atoms with Crippen LogP contribution in [-0.2, 0) is 0 Å². The van der Waals surface area contributed by atoms with E-state index in [1.54, 1.807) is 0 Å². The highest BCUT2D eigenvalue weighted by atomic mass is 15.1. The third kappa shape index (κ3) is 2.32. The second kappa shape index (κ2) is 4.67. The first kappa shape index (κ1) is 10.5. The Bertz CT molecular complexity index is 316. The van der Waals surface area contributed by atoms with Gasteiger partial charge in [-0.3, -0.25) is 0 Å². The van der Waals surface area contributed by atoms with Gasteiger partial charge >= 0.3 is 0 Å². The number of hydrogen-bond acceptors (Lipinski definition) is 2. The zero-order valence-electron chi connectivity index (χ0n) is 9.66. The average molecular weight is 204 g/mol. The third-order valence-corrected chi connectivity index (χ3v) is 3.27. The fraction of sp³-hybridized carbons (Fsp3) is 0.538. The van der Waals surface area contributed by atoms with Crippen LogP contribution in [0.5, 0.6) is 0 Å². The highest BCUT2D eigenvalue weighted by Crippen LogP contribution is 2.23. The maximum absolute atomic E-state index is 3.28. The van der Waals surface area contributed by atoms with Crippen molar-refractivity contribution in [3.63, 3.8) is 0 Å². The van der Waals surface area contributed by atoms with Gasteiger partial charge in [-0.2, -0.15) is 0 Å². The summed E-state index contributed by atoms with van der Waals surface area (Å²) in [6, 6.07) is 9.33. The summed E-state index contributed by atoms with van der Waals surface area (Å²) in [6.07, 6.45) is 2.68. The molecule has 0 bridgehead atoms. The zero-order chi connectivity index (χ0) is 10.7. The van der Waals surface area contributed by atoms with Crippen LogP contribution in [0, 0.1) is 0 Å². The molecule has 1 aliphatic rings. The van der Waals surface area contributed by atoms with E-state index in [4.69, 9.17) is 0 Å². The van der Waals surface area contributed by atoms with Crippen molar-refractivity contribution in [1.82, 2.24) is 5.32 Å². The number of benzene rings is 1. The Hall–Kier alpha value is -1.02. The first-order valence-electron chi connectivity index (χ1n) is 5.83. The number of anilines is 1. The van der Waals surface area contributed by atoms with Gasteiger partial charge in [0.1, 0.15) is 0 Å². The highest BCUT2D eigenvalue weighted by Gasteiger charge is 2.13. The van der Waals surface area contributed by atoms with Gasteiger partial charge in [0, 0.05) is 24.8 Å². The monoisotopic (exact) mass is 204 g/mol. The van der Waals surface area contributed by atoms with E-state index >= 15 is 0 Å². The average Bonchev–Trinajstić information content (AvgIpc) is 2.82. The minimum absolute atomic E-state index is 0.438. The Morgan fingerprint density at radius 1 is 1.27 bits per heavy atom. The van der Waals surface area contributed by atoms with E-state index in [2.05, 4.69) is 41.4 Å². The van der Waals surface area contributed by atoms with E-state index in [0.717, 1.165) is 0 Å². The fourth-order valence-electron chi connectivity index (χ4n) is 2.13. The molecule has 1 aromatic rings. The van der Waals surface area contributed by atoms with Crippen LogP contribution >= 0.6 is 0 Å². The SMILES string of the molecule is CNC(C)c1cccc(N2CCCC2)c1. The summed E-state index contributed by atoms with van der Waals surface area (Å²) in [5, 5.41) is 3.28. The van der Waals surface area contributed by atoms with Crippen LogP contribution in [0.4, 0.5) is 5.69 Å². The number of rotatable bonds is 3. The molecule has 1 heterocycles. The largest absolute Gasteiger partial charge is 0.372 e. The van der Waals surface area contributed by atoms with Crippen molar-refractivity contribution in [2.45, 2.75) is 25.8 Å². The van der Waals surface area contributed by atoms with E-state index in [1.165, 1.54) is 37.2 Å². The van der Waals surface area contributed by atoms with E-state index in [-0.39, 0.29) is 0 Å². The molecule has 1 fully saturated rings. The predicted molar refractivity (Wildman–Crippen MR) is 65.4 cm³/mol.